The first-order valence-corrected chi connectivity index (χ1v) is 8.64. The smallest absolute Gasteiger partial charge is 0.271 e. The Hall–Kier alpha value is -2.03. The van der Waals surface area contributed by atoms with Gasteiger partial charge in [-0.15, -0.1) is 0 Å². The van der Waals surface area contributed by atoms with Gasteiger partial charge in [0.15, 0.2) is 0 Å². The van der Waals surface area contributed by atoms with Gasteiger partial charge in [-0.05, 0) is 24.3 Å². The first-order chi connectivity index (χ1) is 11.2. The third-order valence-electron chi connectivity index (χ3n) is 3.24. The van der Waals surface area contributed by atoms with E-state index in [0.717, 1.165) is 10.4 Å². The molecule has 0 spiro atoms. The Morgan fingerprint density at radius 1 is 1.17 bits per heavy atom. The molecule has 2 aromatic carbocycles. The molecule has 2 aromatic rings. The van der Waals surface area contributed by atoms with Crippen molar-refractivity contribution in [3.05, 3.63) is 56.6 Å². The summed E-state index contributed by atoms with van der Waals surface area (Å²) in [7, 11) is -1.53. The van der Waals surface area contributed by atoms with Gasteiger partial charge in [-0.2, -0.15) is 0 Å². The van der Waals surface area contributed by atoms with Gasteiger partial charge in [-0.25, -0.2) is 8.42 Å². The number of hydrogen-bond donors (Lipinski definition) is 0. The lowest BCUT2D eigenvalue weighted by atomic mass is 10.2. The van der Waals surface area contributed by atoms with Gasteiger partial charge in [0.1, 0.15) is 16.3 Å². The topological polar surface area (TPSA) is 89.8 Å². The van der Waals surface area contributed by atoms with Crippen LogP contribution in [0.15, 0.2) is 41.3 Å². The van der Waals surface area contributed by atoms with Gasteiger partial charge >= 0.3 is 0 Å². The third kappa shape index (κ3) is 3.40. The number of rotatable bonds is 5. The zero-order valence-corrected chi connectivity index (χ0v) is 14.9. The van der Waals surface area contributed by atoms with Crippen LogP contribution in [0, 0.1) is 10.1 Å². The van der Waals surface area contributed by atoms with Gasteiger partial charge in [0.25, 0.3) is 15.7 Å². The lowest BCUT2D eigenvalue weighted by Gasteiger charge is -2.22. The molecule has 0 atom stereocenters. The summed E-state index contributed by atoms with van der Waals surface area (Å²) in [6, 6.07) is 7.66. The number of ether oxygens (including phenoxy) is 1. The van der Waals surface area contributed by atoms with Gasteiger partial charge < -0.3 is 4.74 Å². The summed E-state index contributed by atoms with van der Waals surface area (Å²) in [6.45, 7) is 0. The van der Waals surface area contributed by atoms with Crippen LogP contribution < -0.4 is 9.04 Å². The molecule has 0 fully saturated rings. The lowest BCUT2D eigenvalue weighted by molar-refractivity contribution is -0.384. The maximum Gasteiger partial charge on any atom is 0.271 e. The Balaban J connectivity index is 2.62. The van der Waals surface area contributed by atoms with Gasteiger partial charge in [-0.1, -0.05) is 23.2 Å². The van der Waals surface area contributed by atoms with E-state index in [9.17, 15) is 18.5 Å². The summed E-state index contributed by atoms with van der Waals surface area (Å²) in [5.41, 5.74) is -0.271. The van der Waals surface area contributed by atoms with Gasteiger partial charge in [-0.3, -0.25) is 14.4 Å². The predicted octanol–water partition coefficient (Wildman–Crippen LogP) is 3.74. The van der Waals surface area contributed by atoms with Gasteiger partial charge in [0.2, 0.25) is 0 Å². The maximum absolute atomic E-state index is 12.8. The highest BCUT2D eigenvalue weighted by Gasteiger charge is 2.28. The molecule has 0 aliphatic rings. The average Bonchev–Trinajstić information content (AvgIpc) is 2.55. The summed E-state index contributed by atoms with van der Waals surface area (Å²) >= 11 is 11.8. The lowest BCUT2D eigenvalue weighted by Crippen LogP contribution is -2.27. The molecule has 7 nitrogen and oxygen atoms in total. The fraction of sp³-hybridized carbons (Fsp3) is 0.143. The minimum absolute atomic E-state index is 0.00254. The molecule has 0 amide bonds. The van der Waals surface area contributed by atoms with Crippen molar-refractivity contribution < 1.29 is 18.1 Å². The molecular weight excluding hydrogens is 379 g/mol. The minimum atomic E-state index is -4.11. The molecule has 0 N–H and O–H groups in total. The zero-order valence-electron chi connectivity index (χ0n) is 12.6. The van der Waals surface area contributed by atoms with Gasteiger partial charge in [0.05, 0.1) is 17.1 Å². The molecular formula is C14H12Cl2N2O5S. The van der Waals surface area contributed by atoms with Crippen molar-refractivity contribution in [2.45, 2.75) is 4.90 Å². The second-order valence-electron chi connectivity index (χ2n) is 4.66. The van der Waals surface area contributed by atoms with Crippen LogP contribution in [-0.4, -0.2) is 27.5 Å². The van der Waals surface area contributed by atoms with Crippen molar-refractivity contribution in [3.8, 4) is 5.75 Å². The summed E-state index contributed by atoms with van der Waals surface area (Å²) in [6.07, 6.45) is 0. The van der Waals surface area contributed by atoms with Crippen LogP contribution in [0.25, 0.3) is 0 Å². The Morgan fingerprint density at radius 3 is 2.42 bits per heavy atom. The van der Waals surface area contributed by atoms with Crippen LogP contribution in [0.5, 0.6) is 5.75 Å². The fourth-order valence-corrected chi connectivity index (χ4v) is 3.92. The number of anilines is 1. The number of halogens is 2. The first kappa shape index (κ1) is 18.3. The molecule has 0 bridgehead atoms. The van der Waals surface area contributed by atoms with Crippen LogP contribution in [0.4, 0.5) is 11.4 Å². The number of sulfonamides is 1. The van der Waals surface area contributed by atoms with Crippen LogP contribution in [0.3, 0.4) is 0 Å². The van der Waals surface area contributed by atoms with Gasteiger partial charge in [0, 0.05) is 24.2 Å². The maximum atomic E-state index is 12.8. The van der Waals surface area contributed by atoms with Crippen molar-refractivity contribution in [1.29, 1.82) is 0 Å². The largest absolute Gasteiger partial charge is 0.495 e. The van der Waals surface area contributed by atoms with Crippen molar-refractivity contribution in [3.63, 3.8) is 0 Å². The van der Waals surface area contributed by atoms with Crippen LogP contribution in [0.2, 0.25) is 10.0 Å². The number of nitro benzene ring substituents is 1. The summed E-state index contributed by atoms with van der Waals surface area (Å²) in [5.74, 6) is 0.157. The van der Waals surface area contributed by atoms with Crippen LogP contribution >= 0.6 is 23.2 Å². The molecule has 0 aliphatic carbocycles. The quantitative estimate of drug-likeness (QED) is 0.572. The van der Waals surface area contributed by atoms with E-state index >= 15 is 0 Å². The molecule has 0 unspecified atom stereocenters. The van der Waals surface area contributed by atoms with E-state index in [-0.39, 0.29) is 32.1 Å². The SMILES string of the molecule is COc1ccc([N+](=O)[O-])cc1N(C)S(=O)(=O)c1cc(Cl)ccc1Cl. The highest BCUT2D eigenvalue weighted by atomic mass is 35.5. The van der Waals surface area contributed by atoms with E-state index in [1.807, 2.05) is 0 Å². The molecule has 0 aliphatic heterocycles. The normalized spacial score (nSPS) is 11.2. The predicted molar refractivity (Wildman–Crippen MR) is 91.7 cm³/mol. The van der Waals surface area contributed by atoms with Crippen LogP contribution in [-0.2, 0) is 10.0 Å². The first-order valence-electron chi connectivity index (χ1n) is 6.45. The fourth-order valence-electron chi connectivity index (χ4n) is 1.99. The minimum Gasteiger partial charge on any atom is -0.495 e. The van der Waals surface area contributed by atoms with Crippen molar-refractivity contribution in [2.24, 2.45) is 0 Å². The second kappa shape index (κ2) is 6.84. The molecule has 0 saturated carbocycles. The molecule has 10 heteroatoms. The summed E-state index contributed by atoms with van der Waals surface area (Å²) in [5, 5.41) is 11.1. The third-order valence-corrected chi connectivity index (χ3v) is 5.73. The number of benzene rings is 2. The van der Waals surface area contributed by atoms with Crippen LogP contribution in [0.1, 0.15) is 0 Å². The molecule has 128 valence electrons. The van der Waals surface area contributed by atoms with E-state index in [2.05, 4.69) is 0 Å². The van der Waals surface area contributed by atoms with E-state index in [1.165, 1.54) is 44.5 Å². The number of nitrogens with zero attached hydrogens (tertiary/aromatic N) is 2. The standard InChI is InChI=1S/C14H12Cl2N2O5S/c1-17(12-8-10(18(19)20)4-6-13(12)23-2)24(21,22)14-7-9(15)3-5-11(14)16/h3-8H,1-2H3. The number of methoxy groups -OCH3 is 1. The molecule has 0 heterocycles. The number of hydrogen-bond acceptors (Lipinski definition) is 5. The van der Waals surface area contributed by atoms with Crippen molar-refractivity contribution in [2.75, 3.05) is 18.5 Å². The second-order valence-corrected chi connectivity index (χ2v) is 7.44. The molecule has 0 radical (unpaired) electrons. The molecule has 0 saturated heterocycles. The van der Waals surface area contributed by atoms with E-state index in [1.54, 1.807) is 0 Å². The Labute approximate surface area is 148 Å². The highest BCUT2D eigenvalue weighted by Crippen LogP contribution is 2.36. The summed E-state index contributed by atoms with van der Waals surface area (Å²) < 4.78 is 31.6. The molecule has 0 aromatic heterocycles. The van der Waals surface area contributed by atoms with E-state index in [4.69, 9.17) is 27.9 Å². The molecule has 24 heavy (non-hydrogen) atoms. The zero-order chi connectivity index (χ0) is 18.1. The van der Waals surface area contributed by atoms with Crippen molar-refractivity contribution >= 4 is 44.6 Å². The molecule has 2 rings (SSSR count). The Morgan fingerprint density at radius 2 is 1.83 bits per heavy atom. The Bertz CT molecular complexity index is 902. The number of non-ortho nitro benzene ring substituents is 1. The average molecular weight is 391 g/mol. The number of nitro groups is 1. The summed E-state index contributed by atoms with van der Waals surface area (Å²) in [4.78, 5) is 10.1. The Kier molecular flexibility index (Phi) is 5.22. The highest BCUT2D eigenvalue weighted by molar-refractivity contribution is 7.93. The van der Waals surface area contributed by atoms with Crippen molar-refractivity contribution in [1.82, 2.24) is 0 Å². The van der Waals surface area contributed by atoms with E-state index < -0.39 is 14.9 Å². The van der Waals surface area contributed by atoms with E-state index in [0.29, 0.717) is 0 Å². The monoisotopic (exact) mass is 390 g/mol.